The number of thiophene rings is 1. The highest BCUT2D eigenvalue weighted by Crippen LogP contribution is 2.24. The summed E-state index contributed by atoms with van der Waals surface area (Å²) in [5.74, 6) is 0. The molecule has 92 valence electrons. The normalized spacial score (nSPS) is 11.2. The van der Waals surface area contributed by atoms with Crippen molar-refractivity contribution in [2.45, 2.75) is 6.54 Å². The third kappa shape index (κ3) is 2.34. The lowest BCUT2D eigenvalue weighted by molar-refractivity contribution is 0.823. The molecule has 0 atom stereocenters. The van der Waals surface area contributed by atoms with Gasteiger partial charge in [0, 0.05) is 19.2 Å². The molecule has 1 N–H and O–H groups in total. The van der Waals surface area contributed by atoms with Crippen molar-refractivity contribution in [3.05, 3.63) is 48.2 Å². The van der Waals surface area contributed by atoms with Crippen LogP contribution in [0.5, 0.6) is 0 Å². The van der Waals surface area contributed by atoms with E-state index in [-0.39, 0.29) is 0 Å². The smallest absolute Gasteiger partial charge is 0.178 e. The van der Waals surface area contributed by atoms with Crippen molar-refractivity contribution in [2.75, 3.05) is 0 Å². The van der Waals surface area contributed by atoms with E-state index in [0.29, 0.717) is 0 Å². The van der Waals surface area contributed by atoms with Gasteiger partial charge in [0.2, 0.25) is 0 Å². The Hall–Kier alpha value is -0.430. The monoisotopic (exact) mass is 402 g/mol. The third-order valence-corrected chi connectivity index (χ3v) is 5.17. The third-order valence-electron chi connectivity index (χ3n) is 2.67. The van der Waals surface area contributed by atoms with E-state index in [1.165, 1.54) is 4.88 Å². The standard InChI is InChI=1S/C12H8Br2N2S2/c13-7-1-2-11-10(4-7)15-12(17)16(11)5-9-3-8(14)6-18-9/h1-4,6H,5H2,(H,15,17). The van der Waals surface area contributed by atoms with Crippen LogP contribution in [0.25, 0.3) is 11.0 Å². The maximum atomic E-state index is 5.39. The quantitative estimate of drug-likeness (QED) is 0.573. The first-order valence-electron chi connectivity index (χ1n) is 5.24. The van der Waals surface area contributed by atoms with Crippen LogP contribution in [-0.4, -0.2) is 9.55 Å². The average molecular weight is 404 g/mol. The summed E-state index contributed by atoms with van der Waals surface area (Å²) >= 11 is 14.1. The van der Waals surface area contributed by atoms with Crippen molar-refractivity contribution in [1.29, 1.82) is 0 Å². The first-order chi connectivity index (χ1) is 8.63. The molecule has 0 spiro atoms. The molecule has 0 amide bonds. The Bertz CT molecular complexity index is 770. The van der Waals surface area contributed by atoms with Crippen LogP contribution in [0.2, 0.25) is 0 Å². The van der Waals surface area contributed by atoms with Gasteiger partial charge >= 0.3 is 0 Å². The molecule has 2 heterocycles. The fourth-order valence-electron chi connectivity index (χ4n) is 1.89. The van der Waals surface area contributed by atoms with Crippen molar-refractivity contribution in [3.63, 3.8) is 0 Å². The van der Waals surface area contributed by atoms with Gasteiger partial charge in [0.25, 0.3) is 0 Å². The molecule has 18 heavy (non-hydrogen) atoms. The van der Waals surface area contributed by atoms with Crippen molar-refractivity contribution < 1.29 is 0 Å². The van der Waals surface area contributed by atoms with E-state index in [4.69, 9.17) is 12.2 Å². The average Bonchev–Trinajstić information content (AvgIpc) is 2.84. The molecule has 0 aliphatic heterocycles. The zero-order valence-electron chi connectivity index (χ0n) is 9.11. The molecule has 0 aliphatic carbocycles. The number of H-pyrrole nitrogens is 1. The van der Waals surface area contributed by atoms with Gasteiger partial charge in [-0.05, 0) is 52.4 Å². The summed E-state index contributed by atoms with van der Waals surface area (Å²) < 4.78 is 5.05. The van der Waals surface area contributed by atoms with Crippen LogP contribution in [0.15, 0.2) is 38.6 Å². The number of fused-ring (bicyclic) bond motifs is 1. The topological polar surface area (TPSA) is 20.7 Å². The molecule has 2 nitrogen and oxygen atoms in total. The van der Waals surface area contributed by atoms with Gasteiger partial charge in [-0.3, -0.25) is 0 Å². The fourth-order valence-corrected chi connectivity index (χ4v) is 3.96. The molecule has 0 saturated heterocycles. The maximum absolute atomic E-state index is 5.39. The van der Waals surface area contributed by atoms with E-state index in [1.54, 1.807) is 11.3 Å². The predicted octanol–water partition coefficient (Wildman–Crippen LogP) is 5.33. The Balaban J connectivity index is 2.11. The lowest BCUT2D eigenvalue weighted by atomic mass is 10.3. The highest BCUT2D eigenvalue weighted by atomic mass is 79.9. The molecule has 3 aromatic rings. The molecule has 0 aliphatic rings. The first kappa shape index (κ1) is 12.6. The molecule has 0 unspecified atom stereocenters. The number of nitrogens with zero attached hydrogens (tertiary/aromatic N) is 1. The van der Waals surface area contributed by atoms with Gasteiger partial charge in [0.15, 0.2) is 4.77 Å². The Morgan fingerprint density at radius 1 is 1.22 bits per heavy atom. The van der Waals surface area contributed by atoms with Gasteiger partial charge in [0.1, 0.15) is 0 Å². The molecule has 0 fully saturated rings. The summed E-state index contributed by atoms with van der Waals surface area (Å²) in [6.07, 6.45) is 0. The number of nitrogens with one attached hydrogen (secondary N) is 1. The highest BCUT2D eigenvalue weighted by molar-refractivity contribution is 9.10. The van der Waals surface area contributed by atoms with Crippen molar-refractivity contribution in [2.24, 2.45) is 0 Å². The van der Waals surface area contributed by atoms with E-state index in [9.17, 15) is 0 Å². The van der Waals surface area contributed by atoms with E-state index >= 15 is 0 Å². The van der Waals surface area contributed by atoms with E-state index < -0.39 is 0 Å². The Morgan fingerprint density at radius 2 is 2.06 bits per heavy atom. The number of rotatable bonds is 2. The number of hydrogen-bond acceptors (Lipinski definition) is 2. The lowest BCUT2D eigenvalue weighted by Gasteiger charge is -2.02. The molecular formula is C12H8Br2N2S2. The van der Waals surface area contributed by atoms with Crippen LogP contribution in [0.3, 0.4) is 0 Å². The highest BCUT2D eigenvalue weighted by Gasteiger charge is 2.06. The van der Waals surface area contributed by atoms with Gasteiger partial charge in [-0.1, -0.05) is 15.9 Å². The first-order valence-corrected chi connectivity index (χ1v) is 8.12. The molecule has 0 saturated carbocycles. The van der Waals surface area contributed by atoms with E-state index in [0.717, 1.165) is 31.3 Å². The Kier molecular flexibility index (Phi) is 3.44. The second kappa shape index (κ2) is 4.92. The van der Waals surface area contributed by atoms with Crippen molar-refractivity contribution in [3.8, 4) is 0 Å². The second-order valence-electron chi connectivity index (χ2n) is 3.91. The van der Waals surface area contributed by atoms with Gasteiger partial charge < -0.3 is 9.55 Å². The number of aromatic nitrogens is 2. The molecular weight excluding hydrogens is 396 g/mol. The SMILES string of the molecule is S=c1[nH]c2cc(Br)ccc2n1Cc1cc(Br)cs1. The maximum Gasteiger partial charge on any atom is 0.178 e. The Labute approximate surface area is 130 Å². The van der Waals surface area contributed by atoms with Crippen molar-refractivity contribution >= 4 is 66.4 Å². The lowest BCUT2D eigenvalue weighted by Crippen LogP contribution is -1.97. The largest absolute Gasteiger partial charge is 0.331 e. The van der Waals surface area contributed by atoms with Crippen molar-refractivity contribution in [1.82, 2.24) is 9.55 Å². The summed E-state index contributed by atoms with van der Waals surface area (Å²) in [5, 5.41) is 2.09. The Morgan fingerprint density at radius 3 is 2.78 bits per heavy atom. The number of benzene rings is 1. The minimum Gasteiger partial charge on any atom is -0.331 e. The minimum absolute atomic E-state index is 0.757. The van der Waals surface area contributed by atoms with Gasteiger partial charge in [-0.15, -0.1) is 11.3 Å². The zero-order chi connectivity index (χ0) is 12.7. The molecule has 1 aromatic carbocycles. The second-order valence-corrected chi connectivity index (χ2v) is 7.12. The zero-order valence-corrected chi connectivity index (χ0v) is 13.9. The van der Waals surface area contributed by atoms with Crippen LogP contribution >= 0.6 is 55.4 Å². The summed E-state index contributed by atoms with van der Waals surface area (Å²) in [7, 11) is 0. The fraction of sp³-hybridized carbons (Fsp3) is 0.0833. The van der Waals surface area contributed by atoms with Crippen LogP contribution in [0.4, 0.5) is 0 Å². The van der Waals surface area contributed by atoms with Crippen LogP contribution in [-0.2, 0) is 6.54 Å². The molecule has 3 rings (SSSR count). The summed E-state index contributed by atoms with van der Waals surface area (Å²) in [6.45, 7) is 0.802. The summed E-state index contributed by atoms with van der Waals surface area (Å²) in [6, 6.07) is 8.29. The van der Waals surface area contributed by atoms with E-state index in [1.807, 2.05) is 12.1 Å². The van der Waals surface area contributed by atoms with Gasteiger partial charge in [-0.2, -0.15) is 0 Å². The minimum atomic E-state index is 0.757. The van der Waals surface area contributed by atoms with E-state index in [2.05, 4.69) is 58.9 Å². The molecule has 2 aromatic heterocycles. The summed E-state index contributed by atoms with van der Waals surface area (Å²) in [5.41, 5.74) is 2.19. The van der Waals surface area contributed by atoms with Crippen LogP contribution in [0, 0.1) is 4.77 Å². The number of imidazole rings is 1. The summed E-state index contributed by atoms with van der Waals surface area (Å²) in [4.78, 5) is 4.52. The van der Waals surface area contributed by atoms with Gasteiger partial charge in [-0.25, -0.2) is 0 Å². The number of halogens is 2. The molecule has 6 heteroatoms. The predicted molar refractivity (Wildman–Crippen MR) is 85.9 cm³/mol. The van der Waals surface area contributed by atoms with Crippen LogP contribution < -0.4 is 0 Å². The van der Waals surface area contributed by atoms with Gasteiger partial charge in [0.05, 0.1) is 17.6 Å². The molecule has 0 radical (unpaired) electrons. The number of aromatic amines is 1. The molecule has 0 bridgehead atoms. The number of hydrogen-bond donors (Lipinski definition) is 1. The van der Waals surface area contributed by atoms with Crippen LogP contribution in [0.1, 0.15) is 4.88 Å².